The zero-order chi connectivity index (χ0) is 14.1. The zero-order valence-corrected chi connectivity index (χ0v) is 12.8. The molecule has 1 N–H and O–H groups in total. The van der Waals surface area contributed by atoms with E-state index in [-0.39, 0.29) is 18.6 Å². The van der Waals surface area contributed by atoms with Crippen molar-refractivity contribution in [1.82, 2.24) is 9.88 Å². The largest absolute Gasteiger partial charge is 0.394 e. The monoisotopic (exact) mass is 308 g/mol. The number of likely N-dealkylation sites (tertiary alicyclic amines) is 1. The predicted molar refractivity (Wildman–Crippen MR) is 81.3 cm³/mol. The van der Waals surface area contributed by atoms with Crippen molar-refractivity contribution in [2.75, 3.05) is 13.2 Å². The summed E-state index contributed by atoms with van der Waals surface area (Å²) < 4.78 is 0. The van der Waals surface area contributed by atoms with E-state index in [1.807, 2.05) is 23.8 Å². The van der Waals surface area contributed by atoms with E-state index < -0.39 is 0 Å². The maximum absolute atomic E-state index is 12.6. The molecule has 2 aromatic rings. The lowest BCUT2D eigenvalue weighted by Gasteiger charge is -2.22. The molecule has 3 heterocycles. The third-order valence-electron chi connectivity index (χ3n) is 3.61. The Labute approximate surface area is 125 Å². The number of hydrogen-bond acceptors (Lipinski definition) is 5. The standard InChI is InChI=1S/C14H16N2O2S2/c1-9-12(14(18)16-5-2-3-11(16)7-17)20-13(15-9)10-4-6-19-8-10/h4,6,8,11,17H,2-3,5,7H2,1H3/t11-/m0/s1. The average molecular weight is 308 g/mol. The number of thiophene rings is 1. The molecule has 0 radical (unpaired) electrons. The van der Waals surface area contributed by atoms with Crippen molar-refractivity contribution in [3.63, 3.8) is 0 Å². The van der Waals surface area contributed by atoms with Crippen molar-refractivity contribution in [1.29, 1.82) is 0 Å². The fraction of sp³-hybridized carbons (Fsp3) is 0.429. The van der Waals surface area contributed by atoms with E-state index >= 15 is 0 Å². The van der Waals surface area contributed by atoms with Crippen LogP contribution in [0.4, 0.5) is 0 Å². The van der Waals surface area contributed by atoms with Crippen LogP contribution in [0, 0.1) is 6.92 Å². The van der Waals surface area contributed by atoms with Gasteiger partial charge in [0.15, 0.2) is 0 Å². The van der Waals surface area contributed by atoms with Crippen molar-refractivity contribution in [2.45, 2.75) is 25.8 Å². The molecule has 0 saturated carbocycles. The summed E-state index contributed by atoms with van der Waals surface area (Å²) in [6.45, 7) is 2.65. The minimum atomic E-state index is -0.0337. The smallest absolute Gasteiger partial charge is 0.266 e. The topological polar surface area (TPSA) is 53.4 Å². The SMILES string of the molecule is Cc1nc(-c2ccsc2)sc1C(=O)N1CCC[C@H]1CO. The molecule has 6 heteroatoms. The lowest BCUT2D eigenvalue weighted by Crippen LogP contribution is -2.37. The lowest BCUT2D eigenvalue weighted by atomic mass is 10.2. The number of aliphatic hydroxyl groups is 1. The Hall–Kier alpha value is -1.24. The molecule has 0 aliphatic carbocycles. The van der Waals surface area contributed by atoms with E-state index in [0.717, 1.165) is 35.7 Å². The normalized spacial score (nSPS) is 18.7. The highest BCUT2D eigenvalue weighted by atomic mass is 32.1. The van der Waals surface area contributed by atoms with Crippen molar-refractivity contribution in [3.8, 4) is 10.6 Å². The van der Waals surface area contributed by atoms with Crippen LogP contribution in [-0.2, 0) is 0 Å². The van der Waals surface area contributed by atoms with Gasteiger partial charge in [-0.05, 0) is 31.2 Å². The van der Waals surface area contributed by atoms with Crippen LogP contribution in [-0.4, -0.2) is 40.1 Å². The molecule has 106 valence electrons. The van der Waals surface area contributed by atoms with Crippen LogP contribution in [0.25, 0.3) is 10.6 Å². The van der Waals surface area contributed by atoms with Gasteiger partial charge in [-0.25, -0.2) is 4.98 Å². The van der Waals surface area contributed by atoms with Gasteiger partial charge in [-0.2, -0.15) is 11.3 Å². The fourth-order valence-electron chi connectivity index (χ4n) is 2.53. The Morgan fingerprint density at radius 2 is 2.45 bits per heavy atom. The molecule has 1 amide bonds. The molecular formula is C14H16N2O2S2. The summed E-state index contributed by atoms with van der Waals surface area (Å²) >= 11 is 3.07. The number of hydrogen-bond donors (Lipinski definition) is 1. The quantitative estimate of drug-likeness (QED) is 0.948. The average Bonchev–Trinajstić information content (AvgIpc) is 3.17. The van der Waals surface area contributed by atoms with E-state index in [0.29, 0.717) is 4.88 Å². The van der Waals surface area contributed by atoms with Crippen molar-refractivity contribution >= 4 is 28.6 Å². The number of amides is 1. The number of thiazole rings is 1. The fourth-order valence-corrected chi connectivity index (χ4v) is 4.26. The molecule has 2 aromatic heterocycles. The third-order valence-corrected chi connectivity index (χ3v) is 5.49. The van der Waals surface area contributed by atoms with Gasteiger partial charge in [0.05, 0.1) is 18.3 Å². The van der Waals surface area contributed by atoms with Gasteiger partial charge in [-0.3, -0.25) is 4.79 Å². The number of carbonyl (C=O) groups excluding carboxylic acids is 1. The summed E-state index contributed by atoms with van der Waals surface area (Å²) in [4.78, 5) is 19.6. The summed E-state index contributed by atoms with van der Waals surface area (Å²) in [7, 11) is 0. The van der Waals surface area contributed by atoms with Crippen molar-refractivity contribution < 1.29 is 9.90 Å². The number of rotatable bonds is 3. The van der Waals surface area contributed by atoms with Crippen LogP contribution in [0.2, 0.25) is 0 Å². The molecule has 0 aromatic carbocycles. The number of aryl methyl sites for hydroxylation is 1. The second-order valence-electron chi connectivity index (χ2n) is 4.92. The number of nitrogens with zero attached hydrogens (tertiary/aromatic N) is 2. The van der Waals surface area contributed by atoms with Crippen LogP contribution in [0.5, 0.6) is 0 Å². The highest BCUT2D eigenvalue weighted by Gasteiger charge is 2.31. The third kappa shape index (κ3) is 2.39. The van der Waals surface area contributed by atoms with Crippen LogP contribution < -0.4 is 0 Å². The Morgan fingerprint density at radius 1 is 1.60 bits per heavy atom. The number of aromatic nitrogens is 1. The van der Waals surface area contributed by atoms with Gasteiger partial charge in [0.1, 0.15) is 9.88 Å². The molecule has 1 aliphatic rings. The summed E-state index contributed by atoms with van der Waals surface area (Å²) in [5, 5.41) is 14.3. The first-order valence-corrected chi connectivity index (χ1v) is 8.38. The second kappa shape index (κ2) is 5.63. The Balaban J connectivity index is 1.89. The first kappa shape index (κ1) is 13.7. The van der Waals surface area contributed by atoms with E-state index in [2.05, 4.69) is 4.98 Å². The highest BCUT2D eigenvalue weighted by molar-refractivity contribution is 7.17. The first-order chi connectivity index (χ1) is 9.70. The summed E-state index contributed by atoms with van der Waals surface area (Å²) in [6.07, 6.45) is 1.85. The van der Waals surface area contributed by atoms with Gasteiger partial charge < -0.3 is 10.0 Å². The van der Waals surface area contributed by atoms with Gasteiger partial charge in [0, 0.05) is 17.5 Å². The molecule has 4 nitrogen and oxygen atoms in total. The molecule has 0 spiro atoms. The van der Waals surface area contributed by atoms with Gasteiger partial charge in [-0.1, -0.05) is 0 Å². The van der Waals surface area contributed by atoms with Crippen molar-refractivity contribution in [3.05, 3.63) is 27.4 Å². The van der Waals surface area contributed by atoms with E-state index in [1.54, 1.807) is 16.2 Å². The molecule has 20 heavy (non-hydrogen) atoms. The van der Waals surface area contributed by atoms with E-state index in [4.69, 9.17) is 0 Å². The zero-order valence-electron chi connectivity index (χ0n) is 11.2. The molecule has 1 fully saturated rings. The minimum Gasteiger partial charge on any atom is -0.394 e. The predicted octanol–water partition coefficient (Wildman–Crippen LogP) is 2.78. The summed E-state index contributed by atoms with van der Waals surface area (Å²) in [6, 6.07) is 1.98. The number of carbonyl (C=O) groups is 1. The maximum atomic E-state index is 12.6. The molecular weight excluding hydrogens is 292 g/mol. The highest BCUT2D eigenvalue weighted by Crippen LogP contribution is 2.31. The molecule has 0 bridgehead atoms. The van der Waals surface area contributed by atoms with Crippen molar-refractivity contribution in [2.24, 2.45) is 0 Å². The second-order valence-corrected chi connectivity index (χ2v) is 6.70. The van der Waals surface area contributed by atoms with E-state index in [9.17, 15) is 9.90 Å². The Bertz CT molecular complexity index is 607. The molecule has 1 atom stereocenters. The Kier molecular flexibility index (Phi) is 3.87. The van der Waals surface area contributed by atoms with E-state index in [1.165, 1.54) is 11.3 Å². The maximum Gasteiger partial charge on any atom is 0.266 e. The van der Waals surface area contributed by atoms with Crippen LogP contribution >= 0.6 is 22.7 Å². The number of aliphatic hydroxyl groups excluding tert-OH is 1. The van der Waals surface area contributed by atoms with Gasteiger partial charge in [0.2, 0.25) is 0 Å². The van der Waals surface area contributed by atoms with Gasteiger partial charge in [0.25, 0.3) is 5.91 Å². The summed E-state index contributed by atoms with van der Waals surface area (Å²) in [5.74, 6) is 0.0121. The van der Waals surface area contributed by atoms with Crippen LogP contribution in [0.15, 0.2) is 16.8 Å². The van der Waals surface area contributed by atoms with Gasteiger partial charge >= 0.3 is 0 Å². The Morgan fingerprint density at radius 3 is 3.15 bits per heavy atom. The van der Waals surface area contributed by atoms with Crippen LogP contribution in [0.1, 0.15) is 28.2 Å². The minimum absolute atomic E-state index is 0.0121. The molecule has 0 unspecified atom stereocenters. The molecule has 1 aliphatic heterocycles. The molecule has 3 rings (SSSR count). The van der Waals surface area contributed by atoms with Gasteiger partial charge in [-0.15, -0.1) is 11.3 Å². The lowest BCUT2D eigenvalue weighted by molar-refractivity contribution is 0.0681. The van der Waals surface area contributed by atoms with Crippen LogP contribution in [0.3, 0.4) is 0 Å². The molecule has 1 saturated heterocycles. The summed E-state index contributed by atoms with van der Waals surface area (Å²) in [5.41, 5.74) is 1.85. The first-order valence-electron chi connectivity index (χ1n) is 6.62.